The molecule has 0 unspecified atom stereocenters. The number of piperazine rings is 1. The molecule has 5 heterocycles. The minimum atomic E-state index is -2.10. The number of phenols is 1. The highest BCUT2D eigenvalue weighted by molar-refractivity contribution is 7.90. The van der Waals surface area contributed by atoms with E-state index in [1.54, 1.807) is 12.1 Å². The van der Waals surface area contributed by atoms with Gasteiger partial charge in [-0.25, -0.2) is 5.26 Å². The van der Waals surface area contributed by atoms with E-state index in [1.165, 1.54) is 74.6 Å². The molecule has 9 rings (SSSR count). The van der Waals surface area contributed by atoms with Gasteiger partial charge in [-0.15, -0.1) is 10.2 Å². The van der Waals surface area contributed by atoms with E-state index in [0.29, 0.717) is 21.6 Å². The Hall–Kier alpha value is -7.18. The van der Waals surface area contributed by atoms with Crippen LogP contribution in [0.15, 0.2) is 66.7 Å². The Morgan fingerprint density at radius 1 is 0.761 bits per heavy atom. The number of amides is 7. The number of nitrogens with two attached hydrogens (primary N) is 1. The molecule has 500 valence electrons. The predicted molar refractivity (Wildman–Crippen MR) is 331 cm³/mol. The number of hydrogen-bond donors (Lipinski definition) is 14. The molecule has 0 spiro atoms. The quantitative estimate of drug-likeness (QED) is 0.0253. The van der Waals surface area contributed by atoms with Gasteiger partial charge in [0.2, 0.25) is 35.4 Å². The van der Waals surface area contributed by atoms with Gasteiger partial charge in [-0.1, -0.05) is 65.1 Å². The van der Waals surface area contributed by atoms with Crippen LogP contribution in [0.3, 0.4) is 0 Å². The molecule has 30 nitrogen and oxygen atoms in total. The molecule has 32 heteroatoms. The summed E-state index contributed by atoms with van der Waals surface area (Å²) in [5.41, 5.74) is 8.60. The SMILES string of the molecule is C[C@H](O)[C@@H]1NC(=O)[C@@H](NC(=O)c2ccc(-c3nnc(-c4ccc(N5CCN(C6CCCCC6)CC5)cc4)s3)cc2)C[C@H](O)CNC(=O)[C@@H]2[C@@H](O)[C@H](C)CN2C(=O)[C@H]([C@H](O)CCN)NC(=O)[C@H]([C@H](O)Cc2ccc(O)c(OSOOO)c2)NC(=O)[C@@H]2C[C@H](O)CN2C1=O. The number of aliphatic hydroxyl groups excluding tert-OH is 6. The average Bonchev–Trinajstić information content (AvgIpc) is 2.22. The number of nitrogens with zero attached hydrogens (tertiary/aromatic N) is 6. The summed E-state index contributed by atoms with van der Waals surface area (Å²) in [5.74, 6) is -9.26. The maximum absolute atomic E-state index is 14.7. The van der Waals surface area contributed by atoms with E-state index < -0.39 is 158 Å². The van der Waals surface area contributed by atoms with Crippen molar-refractivity contribution in [3.63, 3.8) is 0 Å². The van der Waals surface area contributed by atoms with Gasteiger partial charge in [0.15, 0.2) is 11.5 Å². The van der Waals surface area contributed by atoms with Crippen molar-refractivity contribution in [3.05, 3.63) is 77.9 Å². The number of carbonyl (C=O) groups is 7. The van der Waals surface area contributed by atoms with Gasteiger partial charge in [0.05, 0.1) is 36.6 Å². The van der Waals surface area contributed by atoms with Crippen molar-refractivity contribution in [2.45, 2.75) is 151 Å². The molecule has 0 bridgehead atoms. The molecule has 13 atom stereocenters. The number of aliphatic hydroxyl groups is 6. The number of carbonyl (C=O) groups excluding carboxylic acids is 7. The summed E-state index contributed by atoms with van der Waals surface area (Å²) in [6.07, 6.45) is -5.68. The number of aromatic nitrogens is 2. The van der Waals surface area contributed by atoms with Crippen LogP contribution in [0, 0.1) is 5.92 Å². The summed E-state index contributed by atoms with van der Waals surface area (Å²) in [5, 5.41) is 113. The number of β-amino-alcohol motifs (C(OH)–C–C–N with tert-alkyl or cyclic N) is 1. The van der Waals surface area contributed by atoms with Gasteiger partial charge in [0.25, 0.3) is 18.2 Å². The highest BCUT2D eigenvalue weighted by Crippen LogP contribution is 2.34. The predicted octanol–water partition coefficient (Wildman–Crippen LogP) is -1.31. The first kappa shape index (κ1) is 69.2. The van der Waals surface area contributed by atoms with Gasteiger partial charge >= 0.3 is 0 Å². The van der Waals surface area contributed by atoms with E-state index in [-0.39, 0.29) is 48.7 Å². The zero-order chi connectivity index (χ0) is 65.9. The summed E-state index contributed by atoms with van der Waals surface area (Å²) < 4.78 is 9.35. The van der Waals surface area contributed by atoms with E-state index in [1.807, 2.05) is 12.1 Å². The second-order valence-corrected chi connectivity index (χ2v) is 25.4. The van der Waals surface area contributed by atoms with Crippen LogP contribution in [0.25, 0.3) is 21.1 Å². The Morgan fingerprint density at radius 2 is 1.40 bits per heavy atom. The number of rotatable bonds is 17. The second kappa shape index (κ2) is 31.6. The fraction of sp³-hybridized carbons (Fsp3) is 0.550. The molecule has 5 aliphatic rings. The lowest BCUT2D eigenvalue weighted by Gasteiger charge is -2.41. The number of hydrogen-bond acceptors (Lipinski definition) is 25. The van der Waals surface area contributed by atoms with Crippen LogP contribution < -0.4 is 41.4 Å². The van der Waals surface area contributed by atoms with E-state index in [2.05, 4.69) is 68.1 Å². The van der Waals surface area contributed by atoms with Crippen molar-refractivity contribution in [2.75, 3.05) is 57.3 Å². The highest BCUT2D eigenvalue weighted by Gasteiger charge is 2.50. The molecule has 1 aliphatic carbocycles. The standard InChI is InChI=1S/C60H80N12O18S2/c1-31-29-72-50(51(31)79)56(84)62-28-39(74)26-41(63-52(80)34-9-11-35(12-10-34)57-67-68-58(91-57)36-13-15-38(16-14-36)70-22-20-69(21-23-70)37-6-4-3-5-7-37)53(81)64-47(32(2)73)59(85)71-30-40(75)27-42(71)54(82)65-48(55(83)66-49(60(72)86)44(77)18-19-61)45(78)24-33-8-17-43(76)46(25-33)88-92-90-89-87/h8-17,25,31-32,37,39-42,44-45,47-51,73-79,87H,3-7,18-24,26-30,61H2,1-2H3,(H,62,84)(H,63,80)(H,64,81)(H,65,82)(H,66,83)/t31-,32+,39+,40+,41+,42+,44-,45-,47+,48+,49+,50+,51+/m1/s1. The van der Waals surface area contributed by atoms with Gasteiger partial charge in [-0.2, -0.15) is 0 Å². The molecule has 15 N–H and O–H groups in total. The molecule has 4 saturated heterocycles. The Balaban J connectivity index is 0.955. The Bertz CT molecular complexity index is 3210. The lowest BCUT2D eigenvalue weighted by atomic mass is 9.94. The molecule has 4 aliphatic heterocycles. The Morgan fingerprint density at radius 3 is 2.05 bits per heavy atom. The van der Waals surface area contributed by atoms with Crippen LogP contribution in [0.5, 0.6) is 11.5 Å². The van der Waals surface area contributed by atoms with Crippen LogP contribution >= 0.6 is 23.7 Å². The van der Waals surface area contributed by atoms with Gasteiger partial charge in [0, 0.05) is 99.4 Å². The lowest BCUT2D eigenvalue weighted by Crippen LogP contribution is -2.64. The maximum atomic E-state index is 14.7. The number of benzene rings is 3. The van der Waals surface area contributed by atoms with Crippen molar-refractivity contribution < 1.29 is 88.1 Å². The number of aromatic hydroxyl groups is 1. The summed E-state index contributed by atoms with van der Waals surface area (Å²) >= 11 is 1.43. The summed E-state index contributed by atoms with van der Waals surface area (Å²) in [6.45, 7) is 4.88. The Labute approximate surface area is 538 Å². The van der Waals surface area contributed by atoms with Crippen LogP contribution in [-0.4, -0.2) is 239 Å². The van der Waals surface area contributed by atoms with Crippen LogP contribution in [-0.2, 0) is 44.6 Å². The first-order valence-corrected chi connectivity index (χ1v) is 32.2. The molecule has 4 aromatic rings. The summed E-state index contributed by atoms with van der Waals surface area (Å²) in [7, 11) is 0. The Kier molecular flexibility index (Phi) is 23.8. The molecular weight excluding hydrogens is 1240 g/mol. The van der Waals surface area contributed by atoms with Crippen molar-refractivity contribution in [1.82, 2.24) is 51.5 Å². The van der Waals surface area contributed by atoms with E-state index >= 15 is 0 Å². The molecule has 1 saturated carbocycles. The summed E-state index contributed by atoms with van der Waals surface area (Å²) in [6, 6.07) is 7.61. The van der Waals surface area contributed by atoms with Crippen molar-refractivity contribution in [3.8, 4) is 32.6 Å². The van der Waals surface area contributed by atoms with Crippen molar-refractivity contribution in [2.24, 2.45) is 11.7 Å². The largest absolute Gasteiger partial charge is 0.504 e. The van der Waals surface area contributed by atoms with Gasteiger partial charge in [0.1, 0.15) is 46.3 Å². The van der Waals surface area contributed by atoms with Gasteiger partial charge in [-0.3, -0.25) is 38.5 Å². The van der Waals surface area contributed by atoms with Crippen LogP contribution in [0.4, 0.5) is 5.69 Å². The monoisotopic (exact) mass is 1320 g/mol. The zero-order valence-corrected chi connectivity index (χ0v) is 52.3. The first-order chi connectivity index (χ1) is 44.1. The molecule has 0 radical (unpaired) electrons. The molecule has 1 aromatic heterocycles. The maximum Gasteiger partial charge on any atom is 0.261 e. The highest BCUT2D eigenvalue weighted by atomic mass is 32.2. The average molecular weight is 1320 g/mol. The van der Waals surface area contributed by atoms with E-state index in [9.17, 15) is 69.3 Å². The fourth-order valence-corrected chi connectivity index (χ4v) is 13.6. The topological polar surface area (TPSA) is 434 Å². The zero-order valence-electron chi connectivity index (χ0n) is 50.7. The number of nitrogens with one attached hydrogen (secondary N) is 5. The number of fused-ring (bicyclic) bond motifs is 2. The van der Waals surface area contributed by atoms with E-state index in [4.69, 9.17) is 15.2 Å². The first-order valence-electron chi connectivity index (χ1n) is 30.7. The fourth-order valence-electron chi connectivity index (χ4n) is 12.5. The number of anilines is 1. The number of phenolic OH excluding ortho intramolecular Hbond substituents is 1. The van der Waals surface area contributed by atoms with Gasteiger partial charge in [-0.05, 0) is 86.8 Å². The minimum Gasteiger partial charge on any atom is -0.504 e. The molecular formula is C60H80N12O18S2. The van der Waals surface area contributed by atoms with E-state index in [0.717, 1.165) is 60.2 Å². The van der Waals surface area contributed by atoms with Crippen molar-refractivity contribution in [1.29, 1.82) is 0 Å². The van der Waals surface area contributed by atoms with Crippen LogP contribution in [0.2, 0.25) is 0 Å². The van der Waals surface area contributed by atoms with Crippen LogP contribution in [0.1, 0.15) is 81.1 Å². The van der Waals surface area contributed by atoms with Gasteiger partial charge < -0.3 is 86.9 Å². The lowest BCUT2D eigenvalue weighted by molar-refractivity contribution is -0.433. The third kappa shape index (κ3) is 16.8. The second-order valence-electron chi connectivity index (χ2n) is 24.0. The minimum absolute atomic E-state index is 0.0378. The molecule has 3 aromatic carbocycles. The van der Waals surface area contributed by atoms with Crippen molar-refractivity contribution >= 4 is 70.7 Å². The molecule has 92 heavy (non-hydrogen) atoms. The smallest absolute Gasteiger partial charge is 0.261 e. The third-order valence-electron chi connectivity index (χ3n) is 17.6. The third-order valence-corrected chi connectivity index (χ3v) is 18.9. The normalized spacial score (nSPS) is 27.2. The molecule has 7 amide bonds. The summed E-state index contributed by atoms with van der Waals surface area (Å²) in [4.78, 5) is 108. The molecule has 5 fully saturated rings.